The maximum absolute atomic E-state index is 11.9. The Kier molecular flexibility index (Phi) is 22.0. The molecule has 2 unspecified atom stereocenters. The third-order valence-corrected chi connectivity index (χ3v) is 6.01. The van der Waals surface area contributed by atoms with Gasteiger partial charge < -0.3 is 20.1 Å². The topological polar surface area (TPSA) is 117 Å². The van der Waals surface area contributed by atoms with Crippen molar-refractivity contribution in [2.24, 2.45) is 5.73 Å². The molecule has 8 nitrogen and oxygen atoms in total. The second-order valence-electron chi connectivity index (χ2n) is 8.21. The molecule has 192 valence electrons. The van der Waals surface area contributed by atoms with Crippen molar-refractivity contribution < 1.29 is 32.8 Å². The number of rotatable bonds is 24. The maximum atomic E-state index is 11.9. The highest BCUT2D eigenvalue weighted by molar-refractivity contribution is 7.47. The lowest BCUT2D eigenvalue weighted by atomic mass is 10.1. The number of ether oxygens (including phenoxy) is 2. The highest BCUT2D eigenvalue weighted by atomic mass is 31.2. The molecule has 0 bridgehead atoms. The van der Waals surface area contributed by atoms with Crippen molar-refractivity contribution in [2.45, 2.75) is 110 Å². The summed E-state index contributed by atoms with van der Waals surface area (Å²) in [6.07, 6.45) is 15.0. The quantitative estimate of drug-likeness (QED) is 0.105. The van der Waals surface area contributed by atoms with E-state index in [2.05, 4.69) is 6.92 Å². The van der Waals surface area contributed by atoms with E-state index in [1.807, 2.05) is 6.92 Å². The Balaban J connectivity index is 4.00. The Morgan fingerprint density at radius 3 is 1.94 bits per heavy atom. The number of phosphoric acid groups is 1. The molecule has 0 aliphatic carbocycles. The molecule has 0 saturated heterocycles. The molecule has 0 saturated carbocycles. The molecule has 0 rings (SSSR count). The lowest BCUT2D eigenvalue weighted by Crippen LogP contribution is -2.28. The van der Waals surface area contributed by atoms with Gasteiger partial charge in [-0.2, -0.15) is 0 Å². The van der Waals surface area contributed by atoms with Crippen LogP contribution < -0.4 is 5.73 Å². The van der Waals surface area contributed by atoms with Crippen LogP contribution in [0.1, 0.15) is 104 Å². The van der Waals surface area contributed by atoms with Crippen molar-refractivity contribution in [1.82, 2.24) is 0 Å². The minimum absolute atomic E-state index is 0.0932. The Morgan fingerprint density at radius 2 is 1.38 bits per heavy atom. The first-order chi connectivity index (χ1) is 15.4. The van der Waals surface area contributed by atoms with E-state index < -0.39 is 13.9 Å². The van der Waals surface area contributed by atoms with Crippen LogP contribution in [0.25, 0.3) is 0 Å². The smallest absolute Gasteiger partial charge is 0.457 e. The van der Waals surface area contributed by atoms with E-state index >= 15 is 0 Å². The van der Waals surface area contributed by atoms with E-state index in [1.54, 1.807) is 0 Å². The summed E-state index contributed by atoms with van der Waals surface area (Å²) >= 11 is 0. The molecule has 0 fully saturated rings. The number of hydrogen-bond acceptors (Lipinski definition) is 7. The molecule has 2 atom stereocenters. The number of carbonyl (C=O) groups is 1. The molecule has 0 spiro atoms. The van der Waals surface area contributed by atoms with Gasteiger partial charge in [-0.15, -0.1) is 0 Å². The number of nitrogens with two attached hydrogens (primary N) is 1. The van der Waals surface area contributed by atoms with E-state index in [0.29, 0.717) is 13.0 Å². The zero-order chi connectivity index (χ0) is 23.9. The lowest BCUT2D eigenvalue weighted by Gasteiger charge is -2.20. The highest BCUT2D eigenvalue weighted by Crippen LogP contribution is 2.43. The van der Waals surface area contributed by atoms with Crippen LogP contribution in [-0.2, 0) is 27.9 Å². The van der Waals surface area contributed by atoms with Crippen molar-refractivity contribution in [2.75, 3.05) is 33.0 Å². The van der Waals surface area contributed by atoms with Crippen LogP contribution in [0, 0.1) is 0 Å². The number of carbonyl (C=O) groups excluding carboxylic acids is 1. The molecule has 9 heteroatoms. The second kappa shape index (κ2) is 22.3. The van der Waals surface area contributed by atoms with Crippen LogP contribution in [0.3, 0.4) is 0 Å². The monoisotopic (exact) mass is 481 g/mol. The summed E-state index contributed by atoms with van der Waals surface area (Å²) in [6, 6.07) is 0. The molecule has 0 aromatic rings. The average Bonchev–Trinajstić information content (AvgIpc) is 2.77. The normalized spacial score (nSPS) is 14.2. The molecule has 0 aromatic heterocycles. The minimum Gasteiger partial charge on any atom is -0.457 e. The fraction of sp³-hybridized carbons (Fsp3) is 0.957. The summed E-state index contributed by atoms with van der Waals surface area (Å²) in [5.74, 6) is -0.366. The van der Waals surface area contributed by atoms with Crippen LogP contribution in [0.5, 0.6) is 0 Å². The SMILES string of the molecule is CCCCCCCCCCCCCOCC(COP(=O)(O)OCCN)OC(=O)CCCC. The molecule has 0 aliphatic heterocycles. The molecule has 3 N–H and O–H groups in total. The fourth-order valence-corrected chi connectivity index (χ4v) is 3.91. The van der Waals surface area contributed by atoms with Crippen molar-refractivity contribution in [3.8, 4) is 0 Å². The molecular formula is C23H48NO7P. The summed E-state index contributed by atoms with van der Waals surface area (Å²) in [5.41, 5.74) is 5.26. The van der Waals surface area contributed by atoms with Gasteiger partial charge in [0, 0.05) is 19.6 Å². The van der Waals surface area contributed by atoms with Crippen LogP contribution in [0.2, 0.25) is 0 Å². The van der Waals surface area contributed by atoms with Gasteiger partial charge in [0.25, 0.3) is 0 Å². The van der Waals surface area contributed by atoms with Gasteiger partial charge in [-0.25, -0.2) is 4.57 Å². The molecule has 0 heterocycles. The van der Waals surface area contributed by atoms with Gasteiger partial charge in [-0.1, -0.05) is 84.5 Å². The standard InChI is InChI=1S/C23H48NO7P/c1-3-5-7-8-9-10-11-12-13-14-15-18-28-20-22(31-23(25)16-6-4-2)21-30-32(26,27)29-19-17-24/h22H,3-21,24H2,1-2H3,(H,26,27). The first kappa shape index (κ1) is 31.5. The zero-order valence-electron chi connectivity index (χ0n) is 20.4. The Morgan fingerprint density at radius 1 is 0.812 bits per heavy atom. The maximum Gasteiger partial charge on any atom is 0.472 e. The van der Waals surface area contributed by atoms with Crippen molar-refractivity contribution >= 4 is 13.8 Å². The summed E-state index contributed by atoms with van der Waals surface area (Å²) in [4.78, 5) is 21.6. The number of phosphoric ester groups is 1. The van der Waals surface area contributed by atoms with E-state index in [4.69, 9.17) is 24.3 Å². The van der Waals surface area contributed by atoms with E-state index in [0.717, 1.165) is 25.7 Å². The lowest BCUT2D eigenvalue weighted by molar-refractivity contribution is -0.154. The van der Waals surface area contributed by atoms with Crippen molar-refractivity contribution in [3.63, 3.8) is 0 Å². The Labute approximate surface area is 195 Å². The Hall–Kier alpha value is -0.500. The highest BCUT2D eigenvalue weighted by Gasteiger charge is 2.25. The third kappa shape index (κ3) is 21.4. The number of unbranched alkanes of at least 4 members (excludes halogenated alkanes) is 11. The minimum atomic E-state index is -4.23. The molecule has 0 radical (unpaired) electrons. The molecule has 32 heavy (non-hydrogen) atoms. The molecule has 0 amide bonds. The average molecular weight is 482 g/mol. The largest absolute Gasteiger partial charge is 0.472 e. The van der Waals surface area contributed by atoms with Gasteiger partial charge in [0.1, 0.15) is 6.10 Å². The summed E-state index contributed by atoms with van der Waals surface area (Å²) in [5, 5.41) is 0. The molecule has 0 aromatic carbocycles. The van der Waals surface area contributed by atoms with Gasteiger partial charge in [0.2, 0.25) is 0 Å². The van der Waals surface area contributed by atoms with Crippen LogP contribution in [0.4, 0.5) is 0 Å². The predicted molar refractivity (Wildman–Crippen MR) is 127 cm³/mol. The first-order valence-electron chi connectivity index (χ1n) is 12.5. The van der Waals surface area contributed by atoms with Gasteiger partial charge >= 0.3 is 13.8 Å². The number of esters is 1. The van der Waals surface area contributed by atoms with Crippen LogP contribution >= 0.6 is 7.82 Å². The van der Waals surface area contributed by atoms with Crippen molar-refractivity contribution in [1.29, 1.82) is 0 Å². The summed E-state index contributed by atoms with van der Waals surface area (Å²) < 4.78 is 32.4. The van der Waals surface area contributed by atoms with Gasteiger partial charge in [-0.05, 0) is 12.8 Å². The van der Waals surface area contributed by atoms with Gasteiger partial charge in [0.15, 0.2) is 0 Å². The molecule has 0 aliphatic rings. The summed E-state index contributed by atoms with van der Waals surface area (Å²) in [6.45, 7) is 4.64. The van der Waals surface area contributed by atoms with Gasteiger partial charge in [-0.3, -0.25) is 13.8 Å². The van der Waals surface area contributed by atoms with Crippen LogP contribution in [0.15, 0.2) is 0 Å². The first-order valence-corrected chi connectivity index (χ1v) is 14.0. The Bertz CT molecular complexity index is 479. The number of hydrogen-bond donors (Lipinski definition) is 2. The van der Waals surface area contributed by atoms with E-state index in [9.17, 15) is 14.3 Å². The van der Waals surface area contributed by atoms with Crippen LogP contribution in [-0.4, -0.2) is 49.9 Å². The van der Waals surface area contributed by atoms with Crippen molar-refractivity contribution in [3.05, 3.63) is 0 Å². The summed E-state index contributed by atoms with van der Waals surface area (Å²) in [7, 11) is -4.23. The van der Waals surface area contributed by atoms with E-state index in [1.165, 1.54) is 57.8 Å². The third-order valence-electron chi connectivity index (χ3n) is 5.02. The van der Waals surface area contributed by atoms with Gasteiger partial charge in [0.05, 0.1) is 19.8 Å². The zero-order valence-corrected chi connectivity index (χ0v) is 21.3. The predicted octanol–water partition coefficient (Wildman–Crippen LogP) is 5.51. The fourth-order valence-electron chi connectivity index (χ4n) is 3.15. The molecular weight excluding hydrogens is 433 g/mol. The van der Waals surface area contributed by atoms with E-state index in [-0.39, 0.29) is 32.3 Å². The second-order valence-corrected chi connectivity index (χ2v) is 9.67.